The van der Waals surface area contributed by atoms with Crippen molar-refractivity contribution in [1.82, 2.24) is 9.88 Å². The summed E-state index contributed by atoms with van der Waals surface area (Å²) in [4.78, 5) is 5.78. The van der Waals surface area contributed by atoms with E-state index in [-0.39, 0.29) is 24.3 Å². The molecule has 0 unspecified atom stereocenters. The van der Waals surface area contributed by atoms with Gasteiger partial charge in [0.1, 0.15) is 5.75 Å². The number of aromatic amines is 1. The Labute approximate surface area is 198 Å². The number of H-pyrrole nitrogens is 1. The predicted octanol–water partition coefficient (Wildman–Crippen LogP) is 6.22. The van der Waals surface area contributed by atoms with Gasteiger partial charge in [-0.25, -0.2) is 8.78 Å². The minimum absolute atomic E-state index is 0.00190. The summed E-state index contributed by atoms with van der Waals surface area (Å²) >= 11 is 0. The third-order valence-corrected chi connectivity index (χ3v) is 8.51. The van der Waals surface area contributed by atoms with Crippen LogP contribution in [0.5, 0.6) is 5.75 Å². The van der Waals surface area contributed by atoms with Crippen LogP contribution < -0.4 is 4.74 Å². The van der Waals surface area contributed by atoms with Crippen LogP contribution in [0.4, 0.5) is 8.78 Å². The number of fused-ring (bicyclic) bond motifs is 1. The molecule has 2 aromatic carbocycles. The number of benzene rings is 2. The third-order valence-electron chi connectivity index (χ3n) is 8.51. The summed E-state index contributed by atoms with van der Waals surface area (Å²) in [5.74, 6) is -1.66. The Morgan fingerprint density at radius 1 is 1.12 bits per heavy atom. The van der Waals surface area contributed by atoms with E-state index in [2.05, 4.69) is 41.1 Å². The lowest BCUT2D eigenvalue weighted by Crippen LogP contribution is -2.53. The normalized spacial score (nSPS) is 24.8. The van der Waals surface area contributed by atoms with Crippen molar-refractivity contribution >= 4 is 10.9 Å². The standard InChI is InChI=1S/C28H32F2N2O2/c1-18-13-24(34-2)22(21-7-11-31-25(18)21)15-32-12-10-26(16-28(29,30)17-26)14-23(32)19-3-5-20(6-4-19)27(33)8-9-27/h3-7,11,13,23,31,33H,8-10,12,14-17H2,1-2H3/t23-/m1/s1. The Morgan fingerprint density at radius 3 is 2.50 bits per heavy atom. The number of likely N-dealkylation sites (tertiary alicyclic amines) is 1. The lowest BCUT2D eigenvalue weighted by Gasteiger charge is -2.54. The number of piperidine rings is 1. The van der Waals surface area contributed by atoms with Crippen molar-refractivity contribution in [3.8, 4) is 5.75 Å². The predicted molar refractivity (Wildman–Crippen MR) is 128 cm³/mol. The van der Waals surface area contributed by atoms with Crippen molar-refractivity contribution in [1.29, 1.82) is 0 Å². The molecule has 6 rings (SSSR count). The van der Waals surface area contributed by atoms with Crippen molar-refractivity contribution < 1.29 is 18.6 Å². The van der Waals surface area contributed by atoms with Gasteiger partial charge in [0, 0.05) is 48.1 Å². The van der Waals surface area contributed by atoms with Crippen LogP contribution in [0.1, 0.15) is 66.8 Å². The van der Waals surface area contributed by atoms with Crippen molar-refractivity contribution in [2.45, 2.75) is 69.6 Å². The van der Waals surface area contributed by atoms with Gasteiger partial charge in [-0.15, -0.1) is 0 Å². The van der Waals surface area contributed by atoms with E-state index < -0.39 is 11.5 Å². The molecule has 4 nitrogen and oxygen atoms in total. The smallest absolute Gasteiger partial charge is 0.249 e. The van der Waals surface area contributed by atoms with E-state index in [9.17, 15) is 13.9 Å². The molecule has 1 aromatic heterocycles. The van der Waals surface area contributed by atoms with Crippen LogP contribution in [-0.2, 0) is 12.1 Å². The molecule has 3 aliphatic rings. The molecule has 2 saturated carbocycles. The molecule has 0 radical (unpaired) electrons. The van der Waals surface area contributed by atoms with E-state index in [4.69, 9.17) is 4.74 Å². The number of alkyl halides is 2. The maximum absolute atomic E-state index is 13.9. The topological polar surface area (TPSA) is 48.5 Å². The number of hydrogen-bond acceptors (Lipinski definition) is 3. The average Bonchev–Trinajstić information content (AvgIpc) is 3.35. The van der Waals surface area contributed by atoms with E-state index >= 15 is 0 Å². The van der Waals surface area contributed by atoms with Crippen LogP contribution in [0, 0.1) is 12.3 Å². The van der Waals surface area contributed by atoms with Crippen LogP contribution in [-0.4, -0.2) is 34.6 Å². The summed E-state index contributed by atoms with van der Waals surface area (Å²) in [6.07, 6.45) is 5.09. The number of rotatable bonds is 5. The highest BCUT2D eigenvalue weighted by atomic mass is 19.3. The second-order valence-electron chi connectivity index (χ2n) is 10.9. The van der Waals surface area contributed by atoms with Crippen LogP contribution in [0.3, 0.4) is 0 Å². The fourth-order valence-electron chi connectivity index (χ4n) is 6.47. The number of ether oxygens (including phenoxy) is 1. The molecule has 1 spiro atoms. The van der Waals surface area contributed by atoms with Crippen LogP contribution in [0.25, 0.3) is 10.9 Å². The number of nitrogens with zero attached hydrogens (tertiary/aromatic N) is 1. The largest absolute Gasteiger partial charge is 0.496 e. The van der Waals surface area contributed by atoms with Gasteiger partial charge in [-0.3, -0.25) is 4.90 Å². The van der Waals surface area contributed by atoms with E-state index in [1.54, 1.807) is 7.11 Å². The van der Waals surface area contributed by atoms with Crippen LogP contribution >= 0.6 is 0 Å². The number of methoxy groups -OCH3 is 1. The lowest BCUT2D eigenvalue weighted by atomic mass is 9.59. The van der Waals surface area contributed by atoms with E-state index in [1.165, 1.54) is 0 Å². The molecule has 0 bridgehead atoms. The summed E-state index contributed by atoms with van der Waals surface area (Å²) in [6, 6.07) is 12.5. The number of aromatic nitrogens is 1. The highest BCUT2D eigenvalue weighted by molar-refractivity contribution is 5.88. The van der Waals surface area contributed by atoms with Crippen molar-refractivity contribution in [3.05, 3.63) is 64.8 Å². The maximum atomic E-state index is 13.9. The van der Waals surface area contributed by atoms with Gasteiger partial charge in [0.15, 0.2) is 0 Å². The van der Waals surface area contributed by atoms with Gasteiger partial charge < -0.3 is 14.8 Å². The van der Waals surface area contributed by atoms with Gasteiger partial charge >= 0.3 is 0 Å². The van der Waals surface area contributed by atoms with Gasteiger partial charge in [0.05, 0.1) is 12.7 Å². The number of aliphatic hydroxyl groups is 1. The molecule has 3 fully saturated rings. The van der Waals surface area contributed by atoms with Crippen LogP contribution in [0.15, 0.2) is 42.6 Å². The first-order chi connectivity index (χ1) is 16.2. The molecular weight excluding hydrogens is 434 g/mol. The van der Waals surface area contributed by atoms with Gasteiger partial charge in [0.2, 0.25) is 5.92 Å². The fraction of sp³-hybridized carbons (Fsp3) is 0.500. The molecule has 2 heterocycles. The Balaban J connectivity index is 1.35. The van der Waals surface area contributed by atoms with Gasteiger partial charge in [-0.1, -0.05) is 24.3 Å². The Kier molecular flexibility index (Phi) is 4.88. The van der Waals surface area contributed by atoms with Crippen molar-refractivity contribution in [2.75, 3.05) is 13.7 Å². The second-order valence-corrected chi connectivity index (χ2v) is 10.9. The first-order valence-corrected chi connectivity index (χ1v) is 12.3. The number of hydrogen-bond donors (Lipinski definition) is 2. The van der Waals surface area contributed by atoms with Crippen LogP contribution in [0.2, 0.25) is 0 Å². The quantitative estimate of drug-likeness (QED) is 0.469. The summed E-state index contributed by atoms with van der Waals surface area (Å²) in [5, 5.41) is 11.6. The van der Waals surface area contributed by atoms with Gasteiger partial charge in [-0.2, -0.15) is 0 Å². The monoisotopic (exact) mass is 466 g/mol. The summed E-state index contributed by atoms with van der Waals surface area (Å²) in [6.45, 7) is 3.54. The zero-order chi connectivity index (χ0) is 23.7. The summed E-state index contributed by atoms with van der Waals surface area (Å²) < 4.78 is 33.7. The Bertz CT molecular complexity index is 1220. The molecule has 2 N–H and O–H groups in total. The molecule has 2 aliphatic carbocycles. The summed E-state index contributed by atoms with van der Waals surface area (Å²) in [5.41, 5.74) is 4.53. The maximum Gasteiger partial charge on any atom is 0.249 e. The van der Waals surface area contributed by atoms with E-state index in [0.717, 1.165) is 71.1 Å². The summed E-state index contributed by atoms with van der Waals surface area (Å²) in [7, 11) is 1.71. The van der Waals surface area contributed by atoms with Crippen molar-refractivity contribution in [2.24, 2.45) is 5.41 Å². The molecular formula is C28H32F2N2O2. The zero-order valence-corrected chi connectivity index (χ0v) is 19.8. The number of nitrogens with one attached hydrogen (secondary N) is 1. The molecule has 6 heteroatoms. The molecule has 1 atom stereocenters. The SMILES string of the molecule is COc1cc(C)c2[nH]ccc2c1CN1CCC2(C[C@@H]1c1ccc(C3(O)CC3)cc1)CC(F)(F)C2. The number of aryl methyl sites for hydroxylation is 1. The molecule has 0 amide bonds. The van der Waals surface area contributed by atoms with Gasteiger partial charge in [-0.05, 0) is 73.4 Å². The highest BCUT2D eigenvalue weighted by Gasteiger charge is 2.58. The molecule has 1 saturated heterocycles. The lowest BCUT2D eigenvalue weighted by molar-refractivity contribution is -0.186. The van der Waals surface area contributed by atoms with Gasteiger partial charge in [0.25, 0.3) is 0 Å². The van der Waals surface area contributed by atoms with E-state index in [1.807, 2.05) is 18.3 Å². The first-order valence-electron chi connectivity index (χ1n) is 12.3. The first kappa shape index (κ1) is 22.1. The molecule has 34 heavy (non-hydrogen) atoms. The zero-order valence-electron chi connectivity index (χ0n) is 19.8. The minimum atomic E-state index is -2.52. The van der Waals surface area contributed by atoms with E-state index in [0.29, 0.717) is 6.54 Å². The van der Waals surface area contributed by atoms with Crippen molar-refractivity contribution in [3.63, 3.8) is 0 Å². The second kappa shape index (κ2) is 7.53. The Morgan fingerprint density at radius 2 is 1.85 bits per heavy atom. The number of halogens is 2. The average molecular weight is 467 g/mol. The Hall–Kier alpha value is -2.44. The molecule has 1 aliphatic heterocycles. The molecule has 3 aromatic rings. The third kappa shape index (κ3) is 3.62. The highest BCUT2D eigenvalue weighted by Crippen LogP contribution is 2.60. The fourth-order valence-corrected chi connectivity index (χ4v) is 6.47. The minimum Gasteiger partial charge on any atom is -0.496 e. The molecule has 180 valence electrons.